The Morgan fingerprint density at radius 2 is 0.923 bits per heavy atom. The number of fused-ring (bicyclic) bond motifs is 8. The molecule has 3 heterocycles. The molecule has 52 heavy (non-hydrogen) atoms. The minimum absolute atomic E-state index is 0.563. The van der Waals surface area contributed by atoms with Crippen molar-refractivity contribution >= 4 is 65.4 Å². The summed E-state index contributed by atoms with van der Waals surface area (Å²) >= 11 is 0. The Morgan fingerprint density at radius 1 is 0.308 bits per heavy atom. The summed E-state index contributed by atoms with van der Waals surface area (Å²) in [4.78, 5) is 15.5. The highest BCUT2D eigenvalue weighted by Gasteiger charge is 2.21. The molecule has 0 saturated carbocycles. The van der Waals surface area contributed by atoms with Crippen molar-refractivity contribution in [2.45, 2.75) is 0 Å². The Bertz CT molecular complexity index is 3190. The summed E-state index contributed by atoms with van der Waals surface area (Å²) in [5.41, 5.74) is 7.99. The first-order valence-electron chi connectivity index (χ1n) is 17.3. The predicted octanol–water partition coefficient (Wildman–Crippen LogP) is 12.6. The molecule has 11 aromatic rings. The van der Waals surface area contributed by atoms with Crippen LogP contribution in [0.2, 0.25) is 0 Å². The third-order valence-electron chi connectivity index (χ3n) is 10.1. The van der Waals surface area contributed by atoms with Crippen LogP contribution in [0.1, 0.15) is 0 Å². The number of aromatic nitrogens is 3. The van der Waals surface area contributed by atoms with Crippen molar-refractivity contribution in [1.29, 1.82) is 0 Å². The first-order valence-corrected chi connectivity index (χ1v) is 17.3. The molecular weight excluding hydrogens is 639 g/mol. The lowest BCUT2D eigenvalue weighted by Crippen LogP contribution is -2.00. The van der Waals surface area contributed by atoms with E-state index in [-0.39, 0.29) is 0 Å². The monoisotopic (exact) mass is 665 g/mol. The molecule has 0 spiro atoms. The average Bonchev–Trinajstić information content (AvgIpc) is 3.76. The van der Waals surface area contributed by atoms with E-state index in [9.17, 15) is 0 Å². The van der Waals surface area contributed by atoms with Gasteiger partial charge in [0.1, 0.15) is 22.3 Å². The van der Waals surface area contributed by atoms with Gasteiger partial charge in [0.05, 0.1) is 0 Å². The van der Waals surface area contributed by atoms with E-state index in [1.807, 2.05) is 54.6 Å². The molecule has 0 aliphatic carbocycles. The zero-order valence-electron chi connectivity index (χ0n) is 27.7. The highest BCUT2D eigenvalue weighted by molar-refractivity contribution is 6.17. The molecule has 8 aromatic carbocycles. The van der Waals surface area contributed by atoms with Crippen LogP contribution in [0.25, 0.3) is 111 Å². The van der Waals surface area contributed by atoms with Crippen LogP contribution in [-0.4, -0.2) is 15.0 Å². The fourth-order valence-corrected chi connectivity index (χ4v) is 7.61. The lowest BCUT2D eigenvalue weighted by Gasteiger charge is -2.12. The molecule has 0 fully saturated rings. The second-order valence-corrected chi connectivity index (χ2v) is 13.2. The maximum atomic E-state index is 6.72. The molecular formula is C47H27N3O2. The first-order chi connectivity index (χ1) is 25.7. The van der Waals surface area contributed by atoms with Crippen molar-refractivity contribution in [2.24, 2.45) is 0 Å². The topological polar surface area (TPSA) is 65.0 Å². The van der Waals surface area contributed by atoms with Crippen LogP contribution in [0.3, 0.4) is 0 Å². The second kappa shape index (κ2) is 11.2. The van der Waals surface area contributed by atoms with Crippen molar-refractivity contribution in [3.63, 3.8) is 0 Å². The van der Waals surface area contributed by atoms with Crippen molar-refractivity contribution in [1.82, 2.24) is 15.0 Å². The summed E-state index contributed by atoms with van der Waals surface area (Å²) in [5.74, 6) is 1.72. The van der Waals surface area contributed by atoms with E-state index in [2.05, 4.69) is 109 Å². The van der Waals surface area contributed by atoms with Crippen molar-refractivity contribution in [3.05, 3.63) is 164 Å². The summed E-state index contributed by atoms with van der Waals surface area (Å²) in [7, 11) is 0. The second-order valence-electron chi connectivity index (χ2n) is 13.2. The van der Waals surface area contributed by atoms with Gasteiger partial charge in [-0.25, -0.2) is 15.0 Å². The Balaban J connectivity index is 1.22. The van der Waals surface area contributed by atoms with Crippen LogP contribution in [0, 0.1) is 0 Å². The van der Waals surface area contributed by atoms with Crippen LogP contribution in [-0.2, 0) is 0 Å². The Hall–Kier alpha value is -7.11. The molecule has 0 N–H and O–H groups in total. The number of benzene rings is 8. The van der Waals surface area contributed by atoms with Gasteiger partial charge in [0.25, 0.3) is 0 Å². The summed E-state index contributed by atoms with van der Waals surface area (Å²) in [5, 5.41) is 8.72. The molecule has 0 atom stereocenters. The fraction of sp³-hybridized carbons (Fsp3) is 0. The van der Waals surface area contributed by atoms with Gasteiger partial charge < -0.3 is 8.83 Å². The molecule has 5 heteroatoms. The largest absolute Gasteiger partial charge is 0.456 e. The molecule has 0 radical (unpaired) electrons. The molecule has 0 aliphatic heterocycles. The van der Waals surface area contributed by atoms with E-state index in [1.165, 1.54) is 5.39 Å². The molecule has 3 aromatic heterocycles. The van der Waals surface area contributed by atoms with Crippen molar-refractivity contribution in [3.8, 4) is 45.3 Å². The highest BCUT2D eigenvalue weighted by Crippen LogP contribution is 2.42. The zero-order chi connectivity index (χ0) is 34.2. The summed E-state index contributed by atoms with van der Waals surface area (Å²) in [6, 6.07) is 56.4. The first kappa shape index (κ1) is 28.7. The van der Waals surface area contributed by atoms with Gasteiger partial charge in [-0.1, -0.05) is 121 Å². The van der Waals surface area contributed by atoms with E-state index in [4.69, 9.17) is 23.8 Å². The summed E-state index contributed by atoms with van der Waals surface area (Å²) in [6.45, 7) is 0. The maximum Gasteiger partial charge on any atom is 0.164 e. The van der Waals surface area contributed by atoms with Crippen molar-refractivity contribution < 1.29 is 8.83 Å². The minimum Gasteiger partial charge on any atom is -0.456 e. The molecule has 11 rings (SSSR count). The fourth-order valence-electron chi connectivity index (χ4n) is 7.61. The van der Waals surface area contributed by atoms with Gasteiger partial charge in [-0.2, -0.15) is 0 Å². The van der Waals surface area contributed by atoms with Crippen LogP contribution < -0.4 is 0 Å². The highest BCUT2D eigenvalue weighted by atomic mass is 16.3. The lowest BCUT2D eigenvalue weighted by atomic mass is 9.94. The predicted molar refractivity (Wildman–Crippen MR) is 211 cm³/mol. The Labute approximate surface area is 297 Å². The number of rotatable bonds is 4. The maximum absolute atomic E-state index is 6.72. The molecule has 242 valence electrons. The molecule has 0 aliphatic rings. The normalized spacial score (nSPS) is 11.8. The van der Waals surface area contributed by atoms with Crippen LogP contribution >= 0.6 is 0 Å². The van der Waals surface area contributed by atoms with Gasteiger partial charge in [0, 0.05) is 38.2 Å². The minimum atomic E-state index is 0.563. The van der Waals surface area contributed by atoms with Crippen LogP contribution in [0.4, 0.5) is 0 Å². The quantitative estimate of drug-likeness (QED) is 0.187. The van der Waals surface area contributed by atoms with E-state index in [1.54, 1.807) is 0 Å². The molecule has 0 saturated heterocycles. The van der Waals surface area contributed by atoms with Crippen LogP contribution in [0.15, 0.2) is 173 Å². The van der Waals surface area contributed by atoms with Gasteiger partial charge in [0.15, 0.2) is 17.5 Å². The standard InChI is InChI=1S/C47H27N3O2/c1-2-12-29(13-3-1)45-48-46(32-21-22-37-36-18-8-9-20-40(36)51-41(37)26-32)50-47(49-45)39-24-33(35-19-10-16-28-11-6-7-17-34(28)35)27-43-44(39)38-23-30-14-4-5-15-31(30)25-42(38)52-43/h1-27H. The van der Waals surface area contributed by atoms with Crippen molar-refractivity contribution in [2.75, 3.05) is 0 Å². The molecule has 0 amide bonds. The number of hydrogen-bond acceptors (Lipinski definition) is 5. The van der Waals surface area contributed by atoms with E-state index in [0.29, 0.717) is 17.5 Å². The third kappa shape index (κ3) is 4.53. The lowest BCUT2D eigenvalue weighted by molar-refractivity contribution is 0.669. The van der Waals surface area contributed by atoms with Gasteiger partial charge in [-0.05, 0) is 75.1 Å². The third-order valence-corrected chi connectivity index (χ3v) is 10.1. The summed E-state index contributed by atoms with van der Waals surface area (Å²) < 4.78 is 13.0. The number of hydrogen-bond donors (Lipinski definition) is 0. The van der Waals surface area contributed by atoms with E-state index >= 15 is 0 Å². The molecule has 0 unspecified atom stereocenters. The van der Waals surface area contributed by atoms with Gasteiger partial charge in [-0.3, -0.25) is 0 Å². The van der Waals surface area contributed by atoms with Gasteiger partial charge in [-0.15, -0.1) is 0 Å². The van der Waals surface area contributed by atoms with Crippen LogP contribution in [0.5, 0.6) is 0 Å². The number of nitrogens with zero attached hydrogens (tertiary/aromatic N) is 3. The Kier molecular flexibility index (Phi) is 6.18. The molecule has 0 bridgehead atoms. The SMILES string of the molecule is c1ccc(-c2nc(-c3ccc4c(c3)oc3ccccc34)nc(-c3cc(-c4cccc5ccccc45)cc4oc5cc6ccccc6cc5c34)n2)cc1. The average molecular weight is 666 g/mol. The smallest absolute Gasteiger partial charge is 0.164 e. The number of furan rings is 2. The number of para-hydroxylation sites is 1. The van der Waals surface area contributed by atoms with E-state index in [0.717, 1.165) is 87.9 Å². The van der Waals surface area contributed by atoms with Gasteiger partial charge >= 0.3 is 0 Å². The Morgan fingerprint density at radius 3 is 1.79 bits per heavy atom. The van der Waals surface area contributed by atoms with Gasteiger partial charge in [0.2, 0.25) is 0 Å². The zero-order valence-corrected chi connectivity index (χ0v) is 27.7. The van der Waals surface area contributed by atoms with E-state index < -0.39 is 0 Å². The molecule has 5 nitrogen and oxygen atoms in total. The summed E-state index contributed by atoms with van der Waals surface area (Å²) in [6.07, 6.45) is 0.